The Balaban J connectivity index is 2.02. The highest BCUT2D eigenvalue weighted by molar-refractivity contribution is 5.77. The number of ether oxygens (including phenoxy) is 1. The highest BCUT2D eigenvalue weighted by Gasteiger charge is 2.08. The molecule has 0 aliphatic carbocycles. The molecule has 0 unspecified atom stereocenters. The maximum atomic E-state index is 13.6. The van der Waals surface area contributed by atoms with Crippen LogP contribution < -0.4 is 10.1 Å². The second-order valence-electron chi connectivity index (χ2n) is 5.35. The van der Waals surface area contributed by atoms with Gasteiger partial charge in [0.25, 0.3) is 5.91 Å². The standard InChI is InChI=1S/C18H18FN3O2/c1-22(2)18(23)12-24-14-6-3-5-13(9-14)11-21-17-8-4-7-16(19)15(17)10-20/h3-9,21H,11-12H2,1-2H3. The van der Waals surface area contributed by atoms with Gasteiger partial charge in [-0.3, -0.25) is 4.79 Å². The molecule has 0 aromatic heterocycles. The molecule has 0 fully saturated rings. The molecule has 1 N–H and O–H groups in total. The minimum atomic E-state index is -0.554. The smallest absolute Gasteiger partial charge is 0.259 e. The zero-order valence-corrected chi connectivity index (χ0v) is 13.5. The van der Waals surface area contributed by atoms with E-state index in [0.29, 0.717) is 18.0 Å². The minimum Gasteiger partial charge on any atom is -0.484 e. The van der Waals surface area contributed by atoms with E-state index in [1.807, 2.05) is 18.2 Å². The Labute approximate surface area is 140 Å². The molecule has 0 spiro atoms. The predicted molar refractivity (Wildman–Crippen MR) is 89.1 cm³/mol. The number of rotatable bonds is 6. The molecule has 5 nitrogen and oxygen atoms in total. The molecule has 0 aliphatic heterocycles. The number of likely N-dealkylation sites (N-methyl/N-ethyl adjacent to an activating group) is 1. The normalized spacial score (nSPS) is 9.92. The number of anilines is 1. The molecule has 1 amide bonds. The quantitative estimate of drug-likeness (QED) is 0.886. The van der Waals surface area contributed by atoms with Crippen molar-refractivity contribution in [1.29, 1.82) is 5.26 Å². The summed E-state index contributed by atoms with van der Waals surface area (Å²) >= 11 is 0. The SMILES string of the molecule is CN(C)C(=O)COc1cccc(CNc2cccc(F)c2C#N)c1. The highest BCUT2D eigenvalue weighted by Crippen LogP contribution is 2.20. The van der Waals surface area contributed by atoms with E-state index in [1.54, 1.807) is 38.4 Å². The molecule has 0 aliphatic rings. The first-order valence-corrected chi connectivity index (χ1v) is 7.35. The van der Waals surface area contributed by atoms with Crippen molar-refractivity contribution in [2.75, 3.05) is 26.0 Å². The zero-order valence-electron chi connectivity index (χ0n) is 13.5. The number of nitrogens with one attached hydrogen (secondary N) is 1. The molecular weight excluding hydrogens is 309 g/mol. The molecular formula is C18H18FN3O2. The summed E-state index contributed by atoms with van der Waals surface area (Å²) in [6.45, 7) is 0.364. The van der Waals surface area contributed by atoms with Crippen LogP contribution in [0.4, 0.5) is 10.1 Å². The third kappa shape index (κ3) is 4.46. The molecule has 6 heteroatoms. The molecule has 2 aromatic rings. The van der Waals surface area contributed by atoms with Crippen molar-refractivity contribution in [2.24, 2.45) is 0 Å². The maximum absolute atomic E-state index is 13.6. The number of nitriles is 1. The van der Waals surface area contributed by atoms with Gasteiger partial charge in [-0.1, -0.05) is 18.2 Å². The van der Waals surface area contributed by atoms with Crippen LogP contribution in [0.2, 0.25) is 0 Å². The molecule has 0 bridgehead atoms. The monoisotopic (exact) mass is 327 g/mol. The summed E-state index contributed by atoms with van der Waals surface area (Å²) in [6.07, 6.45) is 0. The Morgan fingerprint density at radius 3 is 2.75 bits per heavy atom. The molecule has 2 rings (SSSR count). The van der Waals surface area contributed by atoms with E-state index in [2.05, 4.69) is 5.32 Å². The summed E-state index contributed by atoms with van der Waals surface area (Å²) in [5.41, 5.74) is 1.31. The van der Waals surface area contributed by atoms with Crippen LogP contribution in [0.1, 0.15) is 11.1 Å². The summed E-state index contributed by atoms with van der Waals surface area (Å²) in [5.74, 6) is -0.108. The average molecular weight is 327 g/mol. The minimum absolute atomic E-state index is 0.0125. The van der Waals surface area contributed by atoms with Crippen molar-refractivity contribution in [1.82, 2.24) is 4.90 Å². The average Bonchev–Trinajstić information content (AvgIpc) is 2.58. The van der Waals surface area contributed by atoms with Gasteiger partial charge in [0.2, 0.25) is 0 Å². The number of halogens is 1. The number of benzene rings is 2. The highest BCUT2D eigenvalue weighted by atomic mass is 19.1. The van der Waals surface area contributed by atoms with Gasteiger partial charge in [-0.25, -0.2) is 4.39 Å². The second kappa shape index (κ2) is 7.97. The van der Waals surface area contributed by atoms with Crippen molar-refractivity contribution in [3.05, 3.63) is 59.4 Å². The van der Waals surface area contributed by atoms with Crippen molar-refractivity contribution >= 4 is 11.6 Å². The van der Waals surface area contributed by atoms with Gasteiger partial charge in [-0.05, 0) is 29.8 Å². The maximum Gasteiger partial charge on any atom is 0.259 e. The molecule has 0 saturated heterocycles. The van der Waals surface area contributed by atoms with Crippen molar-refractivity contribution in [3.63, 3.8) is 0 Å². The third-order valence-electron chi connectivity index (χ3n) is 3.37. The van der Waals surface area contributed by atoms with Crippen LogP contribution >= 0.6 is 0 Å². The van der Waals surface area contributed by atoms with E-state index in [9.17, 15) is 9.18 Å². The fourth-order valence-corrected chi connectivity index (χ4v) is 2.00. The number of amides is 1. The van der Waals surface area contributed by atoms with Gasteiger partial charge >= 0.3 is 0 Å². The van der Waals surface area contributed by atoms with Crippen LogP contribution in [0.25, 0.3) is 0 Å². The first kappa shape index (κ1) is 17.3. The number of carbonyl (C=O) groups is 1. The van der Waals surface area contributed by atoms with Gasteiger partial charge in [0.15, 0.2) is 6.61 Å². The zero-order chi connectivity index (χ0) is 17.5. The van der Waals surface area contributed by atoms with E-state index in [1.165, 1.54) is 11.0 Å². The van der Waals surface area contributed by atoms with Gasteiger partial charge in [0.05, 0.1) is 5.69 Å². The lowest BCUT2D eigenvalue weighted by molar-refractivity contribution is -0.130. The summed E-state index contributed by atoms with van der Waals surface area (Å²) in [4.78, 5) is 13.0. The van der Waals surface area contributed by atoms with E-state index in [4.69, 9.17) is 10.00 Å². The molecule has 0 heterocycles. The number of nitrogens with zero attached hydrogens (tertiary/aromatic N) is 2. The van der Waals surface area contributed by atoms with E-state index in [0.717, 1.165) is 5.56 Å². The van der Waals surface area contributed by atoms with Gasteiger partial charge in [0, 0.05) is 20.6 Å². The van der Waals surface area contributed by atoms with Gasteiger partial charge in [-0.15, -0.1) is 0 Å². The predicted octanol–water partition coefficient (Wildman–Crippen LogP) is 2.78. The number of carbonyl (C=O) groups excluding carboxylic acids is 1. The summed E-state index contributed by atoms with van der Waals surface area (Å²) in [5, 5.41) is 12.1. The van der Waals surface area contributed by atoms with Gasteiger partial charge < -0.3 is 15.0 Å². The van der Waals surface area contributed by atoms with Gasteiger partial charge in [-0.2, -0.15) is 5.26 Å². The number of hydrogen-bond acceptors (Lipinski definition) is 4. The molecule has 124 valence electrons. The Morgan fingerprint density at radius 1 is 1.29 bits per heavy atom. The Morgan fingerprint density at radius 2 is 2.04 bits per heavy atom. The first-order valence-electron chi connectivity index (χ1n) is 7.35. The second-order valence-corrected chi connectivity index (χ2v) is 5.35. The first-order chi connectivity index (χ1) is 11.5. The molecule has 0 atom stereocenters. The third-order valence-corrected chi connectivity index (χ3v) is 3.37. The van der Waals surface area contributed by atoms with Crippen LogP contribution in [-0.4, -0.2) is 31.5 Å². The Bertz CT molecular complexity index is 769. The van der Waals surface area contributed by atoms with Crippen LogP contribution in [0.3, 0.4) is 0 Å². The van der Waals surface area contributed by atoms with Crippen LogP contribution in [0.15, 0.2) is 42.5 Å². The lowest BCUT2D eigenvalue weighted by Crippen LogP contribution is -2.27. The fourth-order valence-electron chi connectivity index (χ4n) is 2.00. The van der Waals surface area contributed by atoms with Crippen molar-refractivity contribution < 1.29 is 13.9 Å². The lowest BCUT2D eigenvalue weighted by atomic mass is 10.1. The molecule has 0 radical (unpaired) electrons. The fraction of sp³-hybridized carbons (Fsp3) is 0.222. The van der Waals surface area contributed by atoms with E-state index in [-0.39, 0.29) is 18.1 Å². The van der Waals surface area contributed by atoms with E-state index < -0.39 is 5.82 Å². The van der Waals surface area contributed by atoms with E-state index >= 15 is 0 Å². The van der Waals surface area contributed by atoms with Crippen molar-refractivity contribution in [2.45, 2.75) is 6.54 Å². The molecule has 2 aromatic carbocycles. The largest absolute Gasteiger partial charge is 0.484 e. The van der Waals surface area contributed by atoms with Crippen molar-refractivity contribution in [3.8, 4) is 11.8 Å². The van der Waals surface area contributed by atoms with Crippen LogP contribution in [-0.2, 0) is 11.3 Å². The Kier molecular flexibility index (Phi) is 5.74. The summed E-state index contributed by atoms with van der Waals surface area (Å²) in [7, 11) is 3.33. The van der Waals surface area contributed by atoms with Gasteiger partial charge in [0.1, 0.15) is 23.2 Å². The number of hydrogen-bond donors (Lipinski definition) is 1. The van der Waals surface area contributed by atoms with Crippen LogP contribution in [0.5, 0.6) is 5.75 Å². The summed E-state index contributed by atoms with van der Waals surface area (Å²) in [6, 6.07) is 13.5. The lowest BCUT2D eigenvalue weighted by Gasteiger charge is -2.12. The topological polar surface area (TPSA) is 65.4 Å². The van der Waals surface area contributed by atoms with Crippen LogP contribution in [0, 0.1) is 17.1 Å². The Hall–Kier alpha value is -3.07. The molecule has 24 heavy (non-hydrogen) atoms. The molecule has 0 saturated carbocycles. The summed E-state index contributed by atoms with van der Waals surface area (Å²) < 4.78 is 19.0.